The molecule has 1 saturated heterocycles. The molecule has 2 unspecified atom stereocenters. The van der Waals surface area contributed by atoms with Crippen LogP contribution in [0.1, 0.15) is 13.3 Å². The van der Waals surface area contributed by atoms with Gasteiger partial charge < -0.3 is 20.1 Å². The summed E-state index contributed by atoms with van der Waals surface area (Å²) >= 11 is 0. The first-order chi connectivity index (χ1) is 9.35. The molecule has 1 heterocycles. The lowest BCUT2D eigenvalue weighted by atomic mass is 10.0. The number of alkyl halides is 3. The SMILES string of the molecule is CCOCCCN(CC(F)(F)F)C(=O)C1COCC1N. The van der Waals surface area contributed by atoms with E-state index in [4.69, 9.17) is 15.2 Å². The predicted molar refractivity (Wildman–Crippen MR) is 66.0 cm³/mol. The van der Waals surface area contributed by atoms with E-state index in [1.54, 1.807) is 6.92 Å². The number of nitrogens with two attached hydrogens (primary N) is 1. The van der Waals surface area contributed by atoms with E-state index in [1.807, 2.05) is 0 Å². The number of carbonyl (C=O) groups is 1. The van der Waals surface area contributed by atoms with Gasteiger partial charge in [0.1, 0.15) is 6.54 Å². The Morgan fingerprint density at radius 2 is 2.15 bits per heavy atom. The Labute approximate surface area is 116 Å². The molecule has 0 aliphatic carbocycles. The van der Waals surface area contributed by atoms with Crippen molar-refractivity contribution in [3.05, 3.63) is 0 Å². The molecule has 1 aliphatic rings. The number of carbonyl (C=O) groups excluding carboxylic acids is 1. The molecule has 1 amide bonds. The van der Waals surface area contributed by atoms with Gasteiger partial charge in [0.05, 0.1) is 19.1 Å². The molecule has 0 aromatic rings. The van der Waals surface area contributed by atoms with Crippen LogP contribution in [-0.4, -0.2) is 62.5 Å². The molecule has 8 heteroatoms. The fourth-order valence-electron chi connectivity index (χ4n) is 2.05. The van der Waals surface area contributed by atoms with Crippen molar-refractivity contribution in [3.8, 4) is 0 Å². The van der Waals surface area contributed by atoms with Crippen molar-refractivity contribution in [2.24, 2.45) is 11.7 Å². The van der Waals surface area contributed by atoms with E-state index < -0.39 is 30.6 Å². The average molecular weight is 298 g/mol. The molecule has 1 rings (SSSR count). The zero-order valence-corrected chi connectivity index (χ0v) is 11.5. The second-order valence-corrected chi connectivity index (χ2v) is 4.73. The number of amides is 1. The normalized spacial score (nSPS) is 23.1. The minimum absolute atomic E-state index is 0.00155. The topological polar surface area (TPSA) is 64.8 Å². The molecule has 0 spiro atoms. The summed E-state index contributed by atoms with van der Waals surface area (Å²) in [4.78, 5) is 12.9. The van der Waals surface area contributed by atoms with Crippen molar-refractivity contribution in [3.63, 3.8) is 0 Å². The minimum atomic E-state index is -4.43. The highest BCUT2D eigenvalue weighted by Crippen LogP contribution is 2.21. The van der Waals surface area contributed by atoms with E-state index in [2.05, 4.69) is 0 Å². The molecular weight excluding hydrogens is 277 g/mol. The molecule has 118 valence electrons. The minimum Gasteiger partial charge on any atom is -0.382 e. The number of hydrogen-bond acceptors (Lipinski definition) is 4. The van der Waals surface area contributed by atoms with Crippen molar-refractivity contribution in [2.45, 2.75) is 25.6 Å². The molecule has 20 heavy (non-hydrogen) atoms. The monoisotopic (exact) mass is 298 g/mol. The number of ether oxygens (including phenoxy) is 2. The van der Waals surface area contributed by atoms with Crippen molar-refractivity contribution in [1.29, 1.82) is 0 Å². The maximum atomic E-state index is 12.5. The van der Waals surface area contributed by atoms with Crippen LogP contribution >= 0.6 is 0 Å². The molecule has 0 saturated carbocycles. The quantitative estimate of drug-likeness (QED) is 0.705. The largest absolute Gasteiger partial charge is 0.406 e. The van der Waals surface area contributed by atoms with Crippen LogP contribution in [-0.2, 0) is 14.3 Å². The Balaban J connectivity index is 2.58. The maximum Gasteiger partial charge on any atom is 0.406 e. The molecular formula is C12H21F3N2O3. The van der Waals surface area contributed by atoms with Gasteiger partial charge in [0.2, 0.25) is 5.91 Å². The first-order valence-corrected chi connectivity index (χ1v) is 6.61. The van der Waals surface area contributed by atoms with Gasteiger partial charge in [-0.1, -0.05) is 0 Å². The van der Waals surface area contributed by atoms with Gasteiger partial charge in [0, 0.05) is 25.8 Å². The molecule has 1 fully saturated rings. The summed E-state index contributed by atoms with van der Waals surface area (Å²) in [5, 5.41) is 0. The Hall–Kier alpha value is -0.860. The lowest BCUT2D eigenvalue weighted by Gasteiger charge is -2.27. The predicted octanol–water partition coefficient (Wildman–Crippen LogP) is 0.778. The summed E-state index contributed by atoms with van der Waals surface area (Å²) in [6.45, 7) is 1.64. The standard InChI is InChI=1S/C12H21F3N2O3/c1-2-19-5-3-4-17(8-12(13,14)15)11(18)9-6-20-7-10(9)16/h9-10H,2-8,16H2,1H3. The summed E-state index contributed by atoms with van der Waals surface area (Å²) in [6.07, 6.45) is -4.07. The highest BCUT2D eigenvalue weighted by molar-refractivity contribution is 5.80. The number of rotatable bonds is 7. The van der Waals surface area contributed by atoms with E-state index in [9.17, 15) is 18.0 Å². The zero-order valence-electron chi connectivity index (χ0n) is 11.5. The summed E-state index contributed by atoms with van der Waals surface area (Å²) in [6, 6.07) is -0.537. The third-order valence-electron chi connectivity index (χ3n) is 3.04. The van der Waals surface area contributed by atoms with Crippen molar-refractivity contribution in [1.82, 2.24) is 4.90 Å². The third-order valence-corrected chi connectivity index (χ3v) is 3.04. The van der Waals surface area contributed by atoms with Crippen molar-refractivity contribution in [2.75, 3.05) is 39.5 Å². The van der Waals surface area contributed by atoms with Crippen LogP contribution in [0.15, 0.2) is 0 Å². The fourth-order valence-corrected chi connectivity index (χ4v) is 2.05. The summed E-state index contributed by atoms with van der Waals surface area (Å²) in [5.74, 6) is -1.28. The van der Waals surface area contributed by atoms with Gasteiger partial charge in [-0.15, -0.1) is 0 Å². The number of halogens is 3. The van der Waals surface area contributed by atoms with E-state index >= 15 is 0 Å². The lowest BCUT2D eigenvalue weighted by Crippen LogP contribution is -2.47. The molecule has 0 bridgehead atoms. The van der Waals surface area contributed by atoms with Crippen LogP contribution in [0.5, 0.6) is 0 Å². The van der Waals surface area contributed by atoms with E-state index in [1.165, 1.54) is 0 Å². The maximum absolute atomic E-state index is 12.5. The zero-order chi connectivity index (χ0) is 15.2. The van der Waals surface area contributed by atoms with Crippen LogP contribution in [0.4, 0.5) is 13.2 Å². The first kappa shape index (κ1) is 17.2. The van der Waals surface area contributed by atoms with Gasteiger partial charge in [-0.25, -0.2) is 0 Å². The molecule has 5 nitrogen and oxygen atoms in total. The Morgan fingerprint density at radius 1 is 1.45 bits per heavy atom. The Kier molecular flexibility index (Phi) is 6.70. The van der Waals surface area contributed by atoms with Gasteiger partial charge in [-0.2, -0.15) is 13.2 Å². The molecule has 2 N–H and O–H groups in total. The van der Waals surface area contributed by atoms with Gasteiger partial charge in [0.15, 0.2) is 0 Å². The Bertz CT molecular complexity index is 313. The van der Waals surface area contributed by atoms with Gasteiger partial charge in [0.25, 0.3) is 0 Å². The Morgan fingerprint density at radius 3 is 2.65 bits per heavy atom. The molecule has 0 aromatic heterocycles. The molecule has 2 atom stereocenters. The van der Waals surface area contributed by atoms with Crippen LogP contribution in [0, 0.1) is 5.92 Å². The molecule has 0 aromatic carbocycles. The second-order valence-electron chi connectivity index (χ2n) is 4.73. The average Bonchev–Trinajstić information content (AvgIpc) is 2.77. The van der Waals surface area contributed by atoms with E-state index in [0.29, 0.717) is 19.6 Å². The van der Waals surface area contributed by atoms with Gasteiger partial charge >= 0.3 is 6.18 Å². The highest BCUT2D eigenvalue weighted by atomic mass is 19.4. The summed E-state index contributed by atoms with van der Waals surface area (Å²) in [5.41, 5.74) is 5.68. The highest BCUT2D eigenvalue weighted by Gasteiger charge is 2.39. The van der Waals surface area contributed by atoms with Crippen molar-refractivity contribution < 1.29 is 27.4 Å². The smallest absolute Gasteiger partial charge is 0.382 e. The van der Waals surface area contributed by atoms with Gasteiger partial charge in [-0.05, 0) is 13.3 Å². The lowest BCUT2D eigenvalue weighted by molar-refractivity contribution is -0.164. The first-order valence-electron chi connectivity index (χ1n) is 6.61. The summed E-state index contributed by atoms with van der Waals surface area (Å²) < 4.78 is 47.7. The van der Waals surface area contributed by atoms with E-state index in [0.717, 1.165) is 4.90 Å². The number of hydrogen-bond donors (Lipinski definition) is 1. The fraction of sp³-hybridized carbons (Fsp3) is 0.917. The third kappa shape index (κ3) is 5.64. The molecule has 0 radical (unpaired) electrons. The van der Waals surface area contributed by atoms with Crippen LogP contribution < -0.4 is 5.73 Å². The van der Waals surface area contributed by atoms with Crippen molar-refractivity contribution >= 4 is 5.91 Å². The second kappa shape index (κ2) is 7.80. The molecule has 1 aliphatic heterocycles. The number of nitrogens with zero attached hydrogens (tertiary/aromatic N) is 1. The van der Waals surface area contributed by atoms with Crippen LogP contribution in [0.2, 0.25) is 0 Å². The van der Waals surface area contributed by atoms with E-state index in [-0.39, 0.29) is 19.8 Å². The van der Waals surface area contributed by atoms with Gasteiger partial charge in [-0.3, -0.25) is 4.79 Å². The van der Waals surface area contributed by atoms with Crippen LogP contribution in [0.25, 0.3) is 0 Å². The summed E-state index contributed by atoms with van der Waals surface area (Å²) in [7, 11) is 0. The van der Waals surface area contributed by atoms with Crippen LogP contribution in [0.3, 0.4) is 0 Å².